The van der Waals surface area contributed by atoms with Gasteiger partial charge in [0.15, 0.2) is 0 Å². The van der Waals surface area contributed by atoms with Crippen LogP contribution in [0.1, 0.15) is 19.8 Å². The summed E-state index contributed by atoms with van der Waals surface area (Å²) in [6, 6.07) is 0. The van der Waals surface area contributed by atoms with Crippen molar-refractivity contribution in [3.8, 4) is 0 Å². The molecule has 0 spiro atoms. The predicted molar refractivity (Wildman–Crippen MR) is 25.5 cm³/mol. The Morgan fingerprint density at radius 1 is 1.60 bits per heavy atom. The number of unbranched alkanes of at least 4 members (excludes halogenated alkanes) is 1. The monoisotopic (exact) mass is 68.1 g/mol. The maximum absolute atomic E-state index is 5.14. The summed E-state index contributed by atoms with van der Waals surface area (Å²) < 4.78 is 0. The summed E-state index contributed by atoms with van der Waals surface area (Å²) in [4.78, 5) is 0. The first kappa shape index (κ1) is 5.06. The number of hydrogen-bond donors (Lipinski definition) is 0. The molecule has 0 aliphatic rings. The minimum Gasteiger partial charge on any atom is -0.0887 e. The summed E-state index contributed by atoms with van der Waals surface area (Å²) >= 11 is 0. The number of hydrogen-bond acceptors (Lipinski definition) is 0. The smallest absolute Gasteiger partial charge is 0.0652 e. The summed E-state index contributed by atoms with van der Waals surface area (Å²) in [5, 5.41) is 0. The zero-order chi connectivity index (χ0) is 4.12. The van der Waals surface area contributed by atoms with Gasteiger partial charge in [-0.2, -0.15) is 0 Å². The van der Waals surface area contributed by atoms with Crippen LogP contribution in [-0.4, -0.2) is 7.85 Å². The Morgan fingerprint density at radius 2 is 2.20 bits per heavy atom. The third-order valence-corrected chi connectivity index (χ3v) is 0.558. The first-order valence-electron chi connectivity index (χ1n) is 2.12. The molecule has 28 valence electrons. The van der Waals surface area contributed by atoms with Crippen molar-refractivity contribution in [1.82, 2.24) is 0 Å². The average Bonchev–Trinajstić information content (AvgIpc) is 1.41. The zero-order valence-electron chi connectivity index (χ0n) is 3.70. The molecule has 0 heterocycles. The van der Waals surface area contributed by atoms with E-state index < -0.39 is 0 Å². The van der Waals surface area contributed by atoms with E-state index in [1.807, 2.05) is 0 Å². The van der Waals surface area contributed by atoms with Gasteiger partial charge >= 0.3 is 0 Å². The van der Waals surface area contributed by atoms with Crippen molar-refractivity contribution in [2.45, 2.75) is 26.1 Å². The molecular weight excluding hydrogens is 58.9 g/mol. The van der Waals surface area contributed by atoms with E-state index in [1.165, 1.54) is 12.8 Å². The average molecular weight is 67.9 g/mol. The highest BCUT2D eigenvalue weighted by atomic mass is 13.7. The molecule has 2 radical (unpaired) electrons. The SMILES string of the molecule is [B]CCCC. The second-order valence-electron chi connectivity index (χ2n) is 1.14. The van der Waals surface area contributed by atoms with Crippen molar-refractivity contribution < 1.29 is 0 Å². The predicted octanol–water partition coefficient (Wildman–Crippen LogP) is 1.37. The lowest BCUT2D eigenvalue weighted by Crippen LogP contribution is -1.63. The van der Waals surface area contributed by atoms with Gasteiger partial charge in [0, 0.05) is 0 Å². The lowest BCUT2D eigenvalue weighted by molar-refractivity contribution is 0.884. The van der Waals surface area contributed by atoms with Crippen LogP contribution in [0, 0.1) is 0 Å². The van der Waals surface area contributed by atoms with Gasteiger partial charge in [-0.15, -0.1) is 0 Å². The van der Waals surface area contributed by atoms with E-state index in [-0.39, 0.29) is 0 Å². The molecule has 0 aromatic heterocycles. The molecule has 5 heavy (non-hydrogen) atoms. The fraction of sp³-hybridized carbons (Fsp3) is 1.00. The van der Waals surface area contributed by atoms with Crippen LogP contribution < -0.4 is 0 Å². The maximum Gasteiger partial charge on any atom is 0.0652 e. The van der Waals surface area contributed by atoms with Gasteiger partial charge in [-0.25, -0.2) is 0 Å². The van der Waals surface area contributed by atoms with Crippen molar-refractivity contribution in [2.24, 2.45) is 0 Å². The molecule has 1 heteroatoms. The van der Waals surface area contributed by atoms with Crippen molar-refractivity contribution in [1.29, 1.82) is 0 Å². The summed E-state index contributed by atoms with van der Waals surface area (Å²) in [6.45, 7) is 2.13. The van der Waals surface area contributed by atoms with Crippen LogP contribution in [0.25, 0.3) is 0 Å². The molecule has 0 nitrogen and oxygen atoms in total. The van der Waals surface area contributed by atoms with E-state index in [1.54, 1.807) is 0 Å². The standard InChI is InChI=1S/C4H9B/c1-2-3-4-5/h2-4H2,1H3. The Morgan fingerprint density at radius 3 is 2.20 bits per heavy atom. The topological polar surface area (TPSA) is 0 Å². The van der Waals surface area contributed by atoms with Gasteiger partial charge in [0.2, 0.25) is 0 Å². The minimum absolute atomic E-state index is 0.844. The van der Waals surface area contributed by atoms with E-state index in [9.17, 15) is 0 Å². The van der Waals surface area contributed by atoms with Gasteiger partial charge in [0.25, 0.3) is 0 Å². The molecular formula is C4H9B. The van der Waals surface area contributed by atoms with Gasteiger partial charge in [-0.3, -0.25) is 0 Å². The second-order valence-corrected chi connectivity index (χ2v) is 1.14. The molecule has 0 aliphatic carbocycles. The van der Waals surface area contributed by atoms with E-state index in [0.29, 0.717) is 0 Å². The van der Waals surface area contributed by atoms with Crippen molar-refractivity contribution in [2.75, 3.05) is 0 Å². The Bertz CT molecular complexity index is 11.1. The molecule has 0 bridgehead atoms. The summed E-state index contributed by atoms with van der Waals surface area (Å²) in [7, 11) is 5.14. The van der Waals surface area contributed by atoms with Crippen LogP contribution in [0.5, 0.6) is 0 Å². The molecule has 0 amide bonds. The number of rotatable bonds is 2. The quantitative estimate of drug-likeness (QED) is 0.428. The molecule has 0 aliphatic heterocycles. The van der Waals surface area contributed by atoms with Gasteiger partial charge in [0.1, 0.15) is 0 Å². The Hall–Kier alpha value is 0.0649. The molecule has 0 rings (SSSR count). The van der Waals surface area contributed by atoms with Crippen LogP contribution in [0.2, 0.25) is 6.32 Å². The molecule has 0 N–H and O–H groups in total. The Labute approximate surface area is 35.0 Å². The Balaban J connectivity index is 2.19. The summed E-state index contributed by atoms with van der Waals surface area (Å²) in [5.41, 5.74) is 0. The van der Waals surface area contributed by atoms with Crippen LogP contribution in [-0.2, 0) is 0 Å². The third kappa shape index (κ3) is 4.06. The van der Waals surface area contributed by atoms with Crippen LogP contribution in [0.4, 0.5) is 0 Å². The minimum atomic E-state index is 0.844. The molecule has 0 aromatic rings. The first-order valence-corrected chi connectivity index (χ1v) is 2.12. The molecule has 0 fully saturated rings. The highest BCUT2D eigenvalue weighted by Crippen LogP contribution is 1.86. The van der Waals surface area contributed by atoms with Crippen LogP contribution in [0.3, 0.4) is 0 Å². The summed E-state index contributed by atoms with van der Waals surface area (Å²) in [6.07, 6.45) is 3.23. The maximum atomic E-state index is 5.14. The lowest BCUT2D eigenvalue weighted by Gasteiger charge is -1.79. The Kier molecular flexibility index (Phi) is 4.12. The third-order valence-electron chi connectivity index (χ3n) is 0.558. The van der Waals surface area contributed by atoms with Crippen LogP contribution in [0.15, 0.2) is 0 Å². The fourth-order valence-electron chi connectivity index (χ4n) is 0.204. The lowest BCUT2D eigenvalue weighted by atomic mass is 10.0. The molecule has 0 unspecified atom stereocenters. The van der Waals surface area contributed by atoms with E-state index in [4.69, 9.17) is 7.85 Å². The van der Waals surface area contributed by atoms with E-state index in [2.05, 4.69) is 6.92 Å². The van der Waals surface area contributed by atoms with Gasteiger partial charge in [0.05, 0.1) is 7.85 Å². The molecule has 0 atom stereocenters. The van der Waals surface area contributed by atoms with Crippen molar-refractivity contribution in [3.05, 3.63) is 0 Å². The fourth-order valence-corrected chi connectivity index (χ4v) is 0.204. The molecule has 0 saturated heterocycles. The van der Waals surface area contributed by atoms with E-state index in [0.717, 1.165) is 6.32 Å². The van der Waals surface area contributed by atoms with Crippen LogP contribution >= 0.6 is 0 Å². The normalized spacial score (nSPS) is 8.20. The first-order chi connectivity index (χ1) is 2.41. The van der Waals surface area contributed by atoms with Crippen molar-refractivity contribution >= 4 is 7.85 Å². The zero-order valence-corrected chi connectivity index (χ0v) is 3.70. The van der Waals surface area contributed by atoms with Gasteiger partial charge < -0.3 is 0 Å². The second kappa shape index (κ2) is 4.06. The highest BCUT2D eigenvalue weighted by molar-refractivity contribution is 6.08. The van der Waals surface area contributed by atoms with E-state index >= 15 is 0 Å². The summed E-state index contributed by atoms with van der Waals surface area (Å²) in [5.74, 6) is 0. The van der Waals surface area contributed by atoms with Gasteiger partial charge in [-0.05, 0) is 0 Å². The molecule has 0 aromatic carbocycles. The van der Waals surface area contributed by atoms with Crippen molar-refractivity contribution in [3.63, 3.8) is 0 Å². The van der Waals surface area contributed by atoms with Gasteiger partial charge in [-0.1, -0.05) is 26.1 Å². The molecule has 0 saturated carbocycles. The highest BCUT2D eigenvalue weighted by Gasteiger charge is 1.68. The largest absolute Gasteiger partial charge is 0.0887 e.